The van der Waals surface area contributed by atoms with E-state index in [0.29, 0.717) is 35.2 Å². The Kier molecular flexibility index (Phi) is 6.49. The Morgan fingerprint density at radius 2 is 2.00 bits per heavy atom. The number of rotatable bonds is 7. The quantitative estimate of drug-likeness (QED) is 0.476. The summed E-state index contributed by atoms with van der Waals surface area (Å²) in [5.74, 6) is 0.499. The summed E-state index contributed by atoms with van der Waals surface area (Å²) in [5, 5.41) is 6.11. The van der Waals surface area contributed by atoms with Crippen LogP contribution in [0.1, 0.15) is 38.2 Å². The first-order valence-corrected chi connectivity index (χ1v) is 9.45. The molecule has 1 aromatic carbocycles. The summed E-state index contributed by atoms with van der Waals surface area (Å²) in [7, 11) is 0. The van der Waals surface area contributed by atoms with Gasteiger partial charge in [-0.25, -0.2) is 4.98 Å². The topological polar surface area (TPSA) is 80.0 Å². The Bertz CT molecular complexity index is 888. The van der Waals surface area contributed by atoms with Crippen molar-refractivity contribution in [3.05, 3.63) is 48.2 Å². The van der Waals surface area contributed by atoms with Gasteiger partial charge >= 0.3 is 0 Å². The molecule has 3 rings (SSSR count). The first-order valence-electron chi connectivity index (χ1n) is 9.04. The molecule has 0 saturated heterocycles. The lowest BCUT2D eigenvalue weighted by molar-refractivity contribution is -0.119. The monoisotopic (exact) mass is 382 g/mol. The number of fused-ring (bicyclic) bond motifs is 1. The Morgan fingerprint density at radius 3 is 2.74 bits per heavy atom. The average molecular weight is 382 g/mol. The van der Waals surface area contributed by atoms with Crippen LogP contribution in [0.4, 0.5) is 0 Å². The molecule has 0 unspecified atom stereocenters. The smallest absolute Gasteiger partial charge is 0.228 e. The van der Waals surface area contributed by atoms with Crippen molar-refractivity contribution < 1.29 is 9.21 Å². The van der Waals surface area contributed by atoms with Gasteiger partial charge in [0.1, 0.15) is 0 Å². The van der Waals surface area contributed by atoms with Gasteiger partial charge in [0.05, 0.1) is 0 Å². The molecule has 0 aliphatic heterocycles. The first-order chi connectivity index (χ1) is 13.2. The zero-order valence-electron chi connectivity index (χ0n) is 15.2. The van der Waals surface area contributed by atoms with E-state index in [0.717, 1.165) is 30.4 Å². The molecule has 0 aliphatic rings. The van der Waals surface area contributed by atoms with Crippen LogP contribution < -0.4 is 10.6 Å². The minimum atomic E-state index is -0.0409. The number of thiocarbonyl (C=S) groups is 1. The van der Waals surface area contributed by atoms with Gasteiger partial charge in [-0.15, -0.1) is 0 Å². The second kappa shape index (κ2) is 9.23. The van der Waals surface area contributed by atoms with Crippen LogP contribution in [0.25, 0.3) is 22.7 Å². The maximum Gasteiger partial charge on any atom is 0.228 e. The molecule has 0 spiro atoms. The maximum absolute atomic E-state index is 11.8. The van der Waals surface area contributed by atoms with E-state index in [1.54, 1.807) is 6.20 Å². The molecule has 0 atom stereocenters. The highest BCUT2D eigenvalue weighted by Crippen LogP contribution is 2.23. The number of pyridine rings is 1. The summed E-state index contributed by atoms with van der Waals surface area (Å²) in [6.07, 6.45) is 5.22. The number of oxazole rings is 1. The predicted octanol–water partition coefficient (Wildman–Crippen LogP) is 3.96. The summed E-state index contributed by atoms with van der Waals surface area (Å²) in [5.41, 5.74) is 3.18. The minimum Gasteiger partial charge on any atom is -0.434 e. The Morgan fingerprint density at radius 1 is 1.19 bits per heavy atom. The first kappa shape index (κ1) is 19.0. The van der Waals surface area contributed by atoms with Crippen LogP contribution in [-0.2, 0) is 11.3 Å². The number of aromatic nitrogens is 2. The highest BCUT2D eigenvalue weighted by Gasteiger charge is 2.09. The summed E-state index contributed by atoms with van der Waals surface area (Å²) >= 11 is 5.17. The standard InChI is InChI=1S/C20H22N4O2S/c1-2-3-4-7-17(25)23-20(27)22-13-14-8-10-15(11-9-14)19-24-18-16(26-19)6-5-12-21-18/h5-6,8-12H,2-4,7,13H2,1H3,(H2,22,23,25,27). The molecular formula is C20H22N4O2S. The van der Waals surface area contributed by atoms with Crippen molar-refractivity contribution in [2.45, 2.75) is 39.2 Å². The zero-order valence-corrected chi connectivity index (χ0v) is 16.0. The number of amides is 1. The second-order valence-electron chi connectivity index (χ2n) is 6.23. The van der Waals surface area contributed by atoms with Crippen molar-refractivity contribution in [3.63, 3.8) is 0 Å². The third-order valence-corrected chi connectivity index (χ3v) is 4.33. The second-order valence-corrected chi connectivity index (χ2v) is 6.64. The average Bonchev–Trinajstić information content (AvgIpc) is 3.11. The fourth-order valence-corrected chi connectivity index (χ4v) is 2.79. The van der Waals surface area contributed by atoms with E-state index in [2.05, 4.69) is 27.5 Å². The SMILES string of the molecule is CCCCCC(=O)NC(=S)NCc1ccc(-c2nc3ncccc3o2)cc1. The number of unbranched alkanes of at least 4 members (excludes halogenated alkanes) is 2. The summed E-state index contributed by atoms with van der Waals surface area (Å²) in [6.45, 7) is 2.64. The van der Waals surface area contributed by atoms with E-state index in [-0.39, 0.29) is 5.91 Å². The molecule has 0 saturated carbocycles. The summed E-state index contributed by atoms with van der Waals surface area (Å²) in [4.78, 5) is 20.3. The van der Waals surface area contributed by atoms with E-state index in [1.807, 2.05) is 36.4 Å². The van der Waals surface area contributed by atoms with Gasteiger partial charge in [0, 0.05) is 24.7 Å². The predicted molar refractivity (Wildman–Crippen MR) is 109 cm³/mol. The number of nitrogens with zero attached hydrogens (tertiary/aromatic N) is 2. The van der Waals surface area contributed by atoms with Gasteiger partial charge in [-0.2, -0.15) is 4.98 Å². The van der Waals surface area contributed by atoms with Crippen molar-refractivity contribution in [2.24, 2.45) is 0 Å². The molecule has 1 amide bonds. The van der Waals surface area contributed by atoms with Gasteiger partial charge in [0.15, 0.2) is 16.3 Å². The van der Waals surface area contributed by atoms with Gasteiger partial charge in [0.2, 0.25) is 11.8 Å². The van der Waals surface area contributed by atoms with Crippen LogP contribution in [-0.4, -0.2) is 21.0 Å². The molecule has 27 heavy (non-hydrogen) atoms. The number of nitrogens with one attached hydrogen (secondary N) is 2. The number of hydrogen-bond donors (Lipinski definition) is 2. The highest BCUT2D eigenvalue weighted by atomic mass is 32.1. The minimum absolute atomic E-state index is 0.0409. The third kappa shape index (κ3) is 5.34. The van der Waals surface area contributed by atoms with Gasteiger partial charge in [-0.1, -0.05) is 31.9 Å². The molecule has 2 aromatic heterocycles. The molecule has 0 aliphatic carbocycles. The summed E-state index contributed by atoms with van der Waals surface area (Å²) in [6, 6.07) is 11.5. The fourth-order valence-electron chi connectivity index (χ4n) is 2.61. The lowest BCUT2D eigenvalue weighted by Crippen LogP contribution is -2.38. The van der Waals surface area contributed by atoms with Crippen LogP contribution in [0.2, 0.25) is 0 Å². The molecule has 2 heterocycles. The number of carbonyl (C=O) groups excluding carboxylic acids is 1. The molecular weight excluding hydrogens is 360 g/mol. The number of hydrogen-bond acceptors (Lipinski definition) is 5. The summed E-state index contributed by atoms with van der Waals surface area (Å²) < 4.78 is 5.72. The molecule has 3 aromatic rings. The molecule has 0 bridgehead atoms. The van der Waals surface area contributed by atoms with Crippen molar-refractivity contribution in [1.29, 1.82) is 0 Å². The van der Waals surface area contributed by atoms with Crippen molar-refractivity contribution in [1.82, 2.24) is 20.6 Å². The van der Waals surface area contributed by atoms with Crippen LogP contribution in [0, 0.1) is 0 Å². The van der Waals surface area contributed by atoms with Crippen LogP contribution >= 0.6 is 12.2 Å². The Hall–Kier alpha value is -2.80. The number of carbonyl (C=O) groups is 1. The highest BCUT2D eigenvalue weighted by molar-refractivity contribution is 7.80. The van der Waals surface area contributed by atoms with Gasteiger partial charge < -0.3 is 15.1 Å². The van der Waals surface area contributed by atoms with Crippen LogP contribution in [0.3, 0.4) is 0 Å². The molecule has 140 valence electrons. The van der Waals surface area contributed by atoms with Crippen LogP contribution in [0.15, 0.2) is 47.0 Å². The third-order valence-electron chi connectivity index (χ3n) is 4.08. The van der Waals surface area contributed by atoms with Crippen LogP contribution in [0.5, 0.6) is 0 Å². The normalized spacial score (nSPS) is 10.7. The van der Waals surface area contributed by atoms with Gasteiger partial charge in [-0.3, -0.25) is 4.79 Å². The molecule has 7 heteroatoms. The van der Waals surface area contributed by atoms with Crippen molar-refractivity contribution in [2.75, 3.05) is 0 Å². The largest absolute Gasteiger partial charge is 0.434 e. The van der Waals surface area contributed by atoms with Gasteiger partial charge in [-0.05, 0) is 48.5 Å². The van der Waals surface area contributed by atoms with E-state index in [4.69, 9.17) is 16.6 Å². The van der Waals surface area contributed by atoms with Crippen molar-refractivity contribution >= 4 is 34.5 Å². The van der Waals surface area contributed by atoms with E-state index in [1.165, 1.54) is 0 Å². The van der Waals surface area contributed by atoms with Gasteiger partial charge in [0.25, 0.3) is 0 Å². The Balaban J connectivity index is 1.52. The van der Waals surface area contributed by atoms with E-state index < -0.39 is 0 Å². The molecule has 6 nitrogen and oxygen atoms in total. The molecule has 0 fully saturated rings. The lowest BCUT2D eigenvalue weighted by atomic mass is 10.1. The van der Waals surface area contributed by atoms with Crippen molar-refractivity contribution in [3.8, 4) is 11.5 Å². The lowest BCUT2D eigenvalue weighted by Gasteiger charge is -2.09. The molecule has 0 radical (unpaired) electrons. The van der Waals surface area contributed by atoms with E-state index in [9.17, 15) is 4.79 Å². The maximum atomic E-state index is 11.8. The number of benzene rings is 1. The fraction of sp³-hybridized carbons (Fsp3) is 0.300. The van der Waals surface area contributed by atoms with E-state index >= 15 is 0 Å². The zero-order chi connectivity index (χ0) is 19.1. The molecule has 2 N–H and O–H groups in total. The Labute approximate surface area is 163 Å².